The van der Waals surface area contributed by atoms with Crippen molar-refractivity contribution in [3.63, 3.8) is 0 Å². The Morgan fingerprint density at radius 3 is 2.26 bits per heavy atom. The zero-order valence-corrected chi connectivity index (χ0v) is 12.5. The number of esters is 1. The minimum absolute atomic E-state index is 0.0312. The van der Waals surface area contributed by atoms with Crippen LogP contribution < -0.4 is 5.32 Å². The fourth-order valence-electron chi connectivity index (χ4n) is 2.01. The Bertz CT molecular complexity index is 463. The summed E-state index contributed by atoms with van der Waals surface area (Å²) < 4.78 is 27.4. The first-order valence-electron chi connectivity index (χ1n) is 6.15. The third-order valence-electron chi connectivity index (χ3n) is 3.19. The predicted molar refractivity (Wildman–Crippen MR) is 70.2 cm³/mol. The molecule has 0 bridgehead atoms. The van der Waals surface area contributed by atoms with Gasteiger partial charge in [-0.2, -0.15) is 0 Å². The van der Waals surface area contributed by atoms with E-state index in [1.54, 1.807) is 20.8 Å². The summed E-state index contributed by atoms with van der Waals surface area (Å²) in [6, 6.07) is -0.784. The smallest absolute Gasteiger partial charge is 0.328 e. The first-order chi connectivity index (χ1) is 8.57. The summed E-state index contributed by atoms with van der Waals surface area (Å²) in [5, 5.41) is 2.61. The first-order valence-corrected chi connectivity index (χ1v) is 7.97. The molecule has 1 fully saturated rings. The van der Waals surface area contributed by atoms with Gasteiger partial charge in [0.25, 0.3) is 0 Å². The van der Waals surface area contributed by atoms with Gasteiger partial charge in [0.15, 0.2) is 9.84 Å². The van der Waals surface area contributed by atoms with Crippen molar-refractivity contribution < 1.29 is 22.7 Å². The van der Waals surface area contributed by atoms with Crippen LogP contribution >= 0.6 is 0 Å². The zero-order valence-electron chi connectivity index (χ0n) is 11.7. The summed E-state index contributed by atoms with van der Waals surface area (Å²) in [7, 11) is -1.86. The van der Waals surface area contributed by atoms with E-state index in [1.807, 2.05) is 0 Å². The lowest BCUT2D eigenvalue weighted by Crippen LogP contribution is -2.51. The van der Waals surface area contributed by atoms with Crippen LogP contribution in [-0.2, 0) is 24.2 Å². The molecule has 0 aromatic rings. The van der Waals surface area contributed by atoms with Crippen molar-refractivity contribution in [2.75, 3.05) is 18.6 Å². The predicted octanol–water partition coefficient (Wildman–Crippen LogP) is 0.125. The molecule has 0 aromatic carbocycles. The van der Waals surface area contributed by atoms with Crippen LogP contribution in [0.4, 0.5) is 0 Å². The summed E-state index contributed by atoms with van der Waals surface area (Å²) in [4.78, 5) is 23.7. The van der Waals surface area contributed by atoms with Crippen molar-refractivity contribution in [3.05, 3.63) is 0 Å². The molecule has 6 nitrogen and oxygen atoms in total. The van der Waals surface area contributed by atoms with E-state index in [0.29, 0.717) is 6.42 Å². The highest BCUT2D eigenvalue weighted by Gasteiger charge is 2.38. The zero-order chi connectivity index (χ0) is 14.8. The number of methoxy groups -OCH3 is 1. The average Bonchev–Trinajstić information content (AvgIpc) is 2.63. The Balaban J connectivity index is 2.76. The van der Waals surface area contributed by atoms with Gasteiger partial charge in [-0.05, 0) is 11.8 Å². The Hall–Kier alpha value is -1.11. The first kappa shape index (κ1) is 15.9. The van der Waals surface area contributed by atoms with Crippen LogP contribution in [-0.4, -0.2) is 45.0 Å². The van der Waals surface area contributed by atoms with Gasteiger partial charge in [0, 0.05) is 0 Å². The van der Waals surface area contributed by atoms with Crippen LogP contribution in [0, 0.1) is 11.3 Å². The highest BCUT2D eigenvalue weighted by atomic mass is 32.2. The lowest BCUT2D eigenvalue weighted by molar-refractivity contribution is -0.148. The summed E-state index contributed by atoms with van der Waals surface area (Å²) in [5.74, 6) is -1.60. The molecule has 7 heteroatoms. The maximum absolute atomic E-state index is 12.0. The Morgan fingerprint density at radius 2 is 1.89 bits per heavy atom. The normalized spacial score (nSPS) is 23.7. The second-order valence-electron chi connectivity index (χ2n) is 5.93. The molecule has 0 spiro atoms. The Labute approximate surface area is 113 Å². The molecule has 110 valence electrons. The number of rotatable bonds is 3. The molecule has 2 atom stereocenters. The number of hydrogen-bond acceptors (Lipinski definition) is 5. The molecule has 1 amide bonds. The number of carbonyl (C=O) groups is 2. The molecule has 0 aromatic heterocycles. The number of hydrogen-bond donors (Lipinski definition) is 1. The molecule has 1 unspecified atom stereocenters. The van der Waals surface area contributed by atoms with Crippen molar-refractivity contribution in [3.8, 4) is 0 Å². The van der Waals surface area contributed by atoms with Gasteiger partial charge in [-0.3, -0.25) is 4.79 Å². The van der Waals surface area contributed by atoms with Gasteiger partial charge in [0.05, 0.1) is 24.5 Å². The molecule has 19 heavy (non-hydrogen) atoms. The SMILES string of the molecule is COC(=O)[C@@H](NC(=O)C1CCS(=O)(=O)C1)C(C)(C)C. The maximum Gasteiger partial charge on any atom is 0.328 e. The highest BCUT2D eigenvalue weighted by molar-refractivity contribution is 7.91. The second kappa shape index (κ2) is 5.48. The fourth-order valence-corrected chi connectivity index (χ4v) is 3.75. The average molecular weight is 291 g/mol. The number of sulfone groups is 1. The van der Waals surface area contributed by atoms with E-state index in [0.717, 1.165) is 0 Å². The van der Waals surface area contributed by atoms with Crippen LogP contribution in [0.25, 0.3) is 0 Å². The van der Waals surface area contributed by atoms with Crippen LogP contribution in [0.3, 0.4) is 0 Å². The number of carbonyl (C=O) groups excluding carboxylic acids is 2. The number of ether oxygens (including phenoxy) is 1. The monoisotopic (exact) mass is 291 g/mol. The third kappa shape index (κ3) is 4.19. The molecule has 1 N–H and O–H groups in total. The minimum Gasteiger partial charge on any atom is -0.467 e. The number of nitrogens with one attached hydrogen (secondary N) is 1. The lowest BCUT2D eigenvalue weighted by atomic mass is 9.86. The quantitative estimate of drug-likeness (QED) is 0.746. The van der Waals surface area contributed by atoms with Crippen LogP contribution in [0.2, 0.25) is 0 Å². The van der Waals surface area contributed by atoms with Gasteiger partial charge in [-0.25, -0.2) is 13.2 Å². The van der Waals surface area contributed by atoms with E-state index in [2.05, 4.69) is 10.1 Å². The second-order valence-corrected chi connectivity index (χ2v) is 8.16. The standard InChI is InChI=1S/C12H21NO5S/c1-12(2,3)9(11(15)18-4)13-10(14)8-5-6-19(16,17)7-8/h8-9H,5-7H2,1-4H3,(H,13,14)/t8?,9-/m1/s1. The van der Waals surface area contributed by atoms with E-state index >= 15 is 0 Å². The van der Waals surface area contributed by atoms with Gasteiger partial charge >= 0.3 is 5.97 Å². The van der Waals surface area contributed by atoms with Gasteiger partial charge in [-0.15, -0.1) is 0 Å². The highest BCUT2D eigenvalue weighted by Crippen LogP contribution is 2.23. The summed E-state index contributed by atoms with van der Waals surface area (Å²) in [5.41, 5.74) is -0.500. The van der Waals surface area contributed by atoms with Gasteiger partial charge in [0.1, 0.15) is 6.04 Å². The molecule has 0 aliphatic carbocycles. The minimum atomic E-state index is -3.11. The Kier molecular flexibility index (Phi) is 4.60. The molecule has 1 heterocycles. The molecule has 1 aliphatic heterocycles. The topological polar surface area (TPSA) is 89.5 Å². The molecule has 1 aliphatic rings. The molecule has 1 rings (SSSR count). The molecular formula is C12H21NO5S. The Morgan fingerprint density at radius 1 is 1.32 bits per heavy atom. The van der Waals surface area contributed by atoms with E-state index in [9.17, 15) is 18.0 Å². The number of amides is 1. The van der Waals surface area contributed by atoms with E-state index in [1.165, 1.54) is 7.11 Å². The van der Waals surface area contributed by atoms with Crippen molar-refractivity contribution in [2.24, 2.45) is 11.3 Å². The lowest BCUT2D eigenvalue weighted by Gasteiger charge is -2.29. The van der Waals surface area contributed by atoms with E-state index in [4.69, 9.17) is 0 Å². The van der Waals surface area contributed by atoms with Gasteiger partial charge in [0.2, 0.25) is 5.91 Å². The van der Waals surface area contributed by atoms with Crippen LogP contribution in [0.15, 0.2) is 0 Å². The molecule has 0 radical (unpaired) electrons. The van der Waals surface area contributed by atoms with Crippen LogP contribution in [0.1, 0.15) is 27.2 Å². The largest absolute Gasteiger partial charge is 0.467 e. The summed E-state index contributed by atoms with van der Waals surface area (Å²) >= 11 is 0. The summed E-state index contributed by atoms with van der Waals surface area (Å²) in [6.45, 7) is 5.42. The van der Waals surface area contributed by atoms with Gasteiger partial charge in [-0.1, -0.05) is 20.8 Å². The van der Waals surface area contributed by atoms with Crippen molar-refractivity contribution in [1.29, 1.82) is 0 Å². The molecule has 1 saturated heterocycles. The fraction of sp³-hybridized carbons (Fsp3) is 0.833. The van der Waals surface area contributed by atoms with Gasteiger partial charge < -0.3 is 10.1 Å². The van der Waals surface area contributed by atoms with Crippen molar-refractivity contribution in [2.45, 2.75) is 33.2 Å². The molecular weight excluding hydrogens is 270 g/mol. The van der Waals surface area contributed by atoms with Crippen LogP contribution in [0.5, 0.6) is 0 Å². The molecule has 0 saturated carbocycles. The van der Waals surface area contributed by atoms with E-state index < -0.39 is 39.1 Å². The maximum atomic E-state index is 12.0. The van der Waals surface area contributed by atoms with Crippen molar-refractivity contribution >= 4 is 21.7 Å². The summed E-state index contributed by atoms with van der Waals surface area (Å²) in [6.07, 6.45) is 0.312. The third-order valence-corrected chi connectivity index (χ3v) is 4.96. The van der Waals surface area contributed by atoms with Crippen molar-refractivity contribution in [1.82, 2.24) is 5.32 Å². The van der Waals surface area contributed by atoms with E-state index in [-0.39, 0.29) is 11.5 Å².